The number of aromatic nitrogens is 1. The van der Waals surface area contributed by atoms with Gasteiger partial charge in [-0.1, -0.05) is 6.07 Å². The summed E-state index contributed by atoms with van der Waals surface area (Å²) in [5, 5.41) is 4.24. The van der Waals surface area contributed by atoms with Gasteiger partial charge in [-0.2, -0.15) is 0 Å². The van der Waals surface area contributed by atoms with E-state index < -0.39 is 23.4 Å². The molecule has 0 saturated carbocycles. The van der Waals surface area contributed by atoms with Crippen LogP contribution in [0.5, 0.6) is 17.4 Å². The normalized spacial score (nSPS) is 13.0. The fourth-order valence-corrected chi connectivity index (χ4v) is 2.30. The van der Waals surface area contributed by atoms with Gasteiger partial charge in [0.2, 0.25) is 5.88 Å². The molecule has 1 aromatic carbocycles. The van der Waals surface area contributed by atoms with Crippen LogP contribution in [0.1, 0.15) is 33.3 Å². The molecule has 0 bridgehead atoms. The number of ether oxygens (including phenoxy) is 3. The van der Waals surface area contributed by atoms with Crippen LogP contribution in [0.2, 0.25) is 0 Å². The standard InChI is InChI=1S/C21H26FN3O5/c1-13-7-9-15(11-16(13)28-6)29-17-10-8-14(12-23-17)24-18(26)21(5,22)25-19(27)30-20(2,3)4/h7-12H,1-6H3,(H,24,26)(H,25,27)/t21-/m0/s1. The minimum Gasteiger partial charge on any atom is -0.496 e. The number of carbonyl (C=O) groups excluding carboxylic acids is 2. The number of alkyl carbamates (subject to hydrolysis) is 1. The quantitative estimate of drug-likeness (QED) is 0.676. The van der Waals surface area contributed by atoms with E-state index in [0.29, 0.717) is 11.5 Å². The summed E-state index contributed by atoms with van der Waals surface area (Å²) in [4.78, 5) is 28.0. The lowest BCUT2D eigenvalue weighted by molar-refractivity contribution is -0.128. The summed E-state index contributed by atoms with van der Waals surface area (Å²) in [7, 11) is 1.57. The van der Waals surface area contributed by atoms with Gasteiger partial charge in [0.05, 0.1) is 19.0 Å². The summed E-state index contributed by atoms with van der Waals surface area (Å²) >= 11 is 0. The van der Waals surface area contributed by atoms with Gasteiger partial charge in [0.25, 0.3) is 11.7 Å². The third kappa shape index (κ3) is 6.61. The molecule has 0 aliphatic carbocycles. The number of benzene rings is 1. The number of halogens is 1. The van der Waals surface area contributed by atoms with Gasteiger partial charge in [-0.15, -0.1) is 0 Å². The van der Waals surface area contributed by atoms with E-state index in [2.05, 4.69) is 10.3 Å². The zero-order valence-corrected chi connectivity index (χ0v) is 17.8. The van der Waals surface area contributed by atoms with Crippen LogP contribution in [-0.4, -0.2) is 35.5 Å². The maximum absolute atomic E-state index is 14.6. The second-order valence-corrected chi connectivity index (χ2v) is 7.70. The van der Waals surface area contributed by atoms with Crippen molar-refractivity contribution in [2.75, 3.05) is 12.4 Å². The molecule has 0 unspecified atom stereocenters. The molecule has 0 fully saturated rings. The van der Waals surface area contributed by atoms with Crippen molar-refractivity contribution in [2.45, 2.75) is 46.0 Å². The van der Waals surface area contributed by atoms with Crippen molar-refractivity contribution in [3.05, 3.63) is 42.1 Å². The molecular formula is C21H26FN3O5. The van der Waals surface area contributed by atoms with Gasteiger partial charge in [-0.25, -0.2) is 14.2 Å². The summed E-state index contributed by atoms with van der Waals surface area (Å²) < 4.78 is 30.4. The Kier molecular flexibility index (Phi) is 6.86. The van der Waals surface area contributed by atoms with Crippen molar-refractivity contribution in [3.63, 3.8) is 0 Å². The molecular weight excluding hydrogens is 393 g/mol. The predicted molar refractivity (Wildman–Crippen MR) is 110 cm³/mol. The fourth-order valence-electron chi connectivity index (χ4n) is 2.30. The number of rotatable bonds is 6. The average molecular weight is 419 g/mol. The third-order valence-corrected chi connectivity index (χ3v) is 3.76. The van der Waals surface area contributed by atoms with Crippen molar-refractivity contribution in [1.29, 1.82) is 0 Å². The van der Waals surface area contributed by atoms with Crippen molar-refractivity contribution in [1.82, 2.24) is 10.3 Å². The number of amides is 2. The largest absolute Gasteiger partial charge is 0.496 e. The number of hydrogen-bond acceptors (Lipinski definition) is 6. The summed E-state index contributed by atoms with van der Waals surface area (Å²) in [6, 6.07) is 8.35. The van der Waals surface area contributed by atoms with Crippen molar-refractivity contribution in [2.24, 2.45) is 0 Å². The SMILES string of the molecule is COc1cc(Oc2ccc(NC(=O)[C@@](C)(F)NC(=O)OC(C)(C)C)cn2)ccc1C. The zero-order chi connectivity index (χ0) is 22.5. The molecule has 1 aromatic heterocycles. The number of hydrogen-bond donors (Lipinski definition) is 2. The zero-order valence-electron chi connectivity index (χ0n) is 17.8. The number of nitrogens with zero attached hydrogens (tertiary/aromatic N) is 1. The van der Waals surface area contributed by atoms with Gasteiger partial charge >= 0.3 is 6.09 Å². The van der Waals surface area contributed by atoms with Gasteiger partial charge < -0.3 is 19.5 Å². The van der Waals surface area contributed by atoms with E-state index in [1.54, 1.807) is 40.0 Å². The van der Waals surface area contributed by atoms with Gasteiger partial charge in [0.1, 0.15) is 17.1 Å². The minimum absolute atomic E-state index is 0.226. The lowest BCUT2D eigenvalue weighted by atomic mass is 10.2. The topological polar surface area (TPSA) is 98.8 Å². The molecule has 2 N–H and O–H groups in total. The summed E-state index contributed by atoms with van der Waals surface area (Å²) in [6.45, 7) is 7.72. The molecule has 0 saturated heterocycles. The first-order chi connectivity index (χ1) is 13.9. The molecule has 0 aliphatic rings. The Morgan fingerprint density at radius 2 is 1.80 bits per heavy atom. The maximum atomic E-state index is 14.6. The summed E-state index contributed by atoms with van der Waals surface area (Å²) in [6.07, 6.45) is 0.264. The molecule has 2 rings (SSSR count). The van der Waals surface area contributed by atoms with Crippen LogP contribution in [0.25, 0.3) is 0 Å². The van der Waals surface area contributed by atoms with E-state index in [0.717, 1.165) is 12.5 Å². The van der Waals surface area contributed by atoms with E-state index in [-0.39, 0.29) is 11.6 Å². The van der Waals surface area contributed by atoms with E-state index in [4.69, 9.17) is 14.2 Å². The molecule has 2 aromatic rings. The number of aryl methyl sites for hydroxylation is 1. The Morgan fingerprint density at radius 3 is 2.37 bits per heavy atom. The summed E-state index contributed by atoms with van der Waals surface area (Å²) in [5.74, 6) is -2.28. The van der Waals surface area contributed by atoms with E-state index in [1.165, 1.54) is 18.3 Å². The first kappa shape index (κ1) is 22.9. The van der Waals surface area contributed by atoms with Crippen LogP contribution in [0.15, 0.2) is 36.5 Å². The minimum atomic E-state index is -2.68. The van der Waals surface area contributed by atoms with Crippen LogP contribution in [-0.2, 0) is 9.53 Å². The smallest absolute Gasteiger partial charge is 0.410 e. The highest BCUT2D eigenvalue weighted by Crippen LogP contribution is 2.27. The average Bonchev–Trinajstić information content (AvgIpc) is 2.62. The molecule has 1 heterocycles. The Bertz CT molecular complexity index is 908. The summed E-state index contributed by atoms with van der Waals surface area (Å²) in [5.41, 5.74) is 0.367. The molecule has 8 nitrogen and oxygen atoms in total. The molecule has 0 spiro atoms. The molecule has 0 radical (unpaired) electrons. The number of anilines is 1. The van der Waals surface area contributed by atoms with Gasteiger partial charge in [0, 0.05) is 12.1 Å². The van der Waals surface area contributed by atoms with Crippen LogP contribution >= 0.6 is 0 Å². The predicted octanol–water partition coefficient (Wildman–Crippen LogP) is 4.34. The first-order valence-electron chi connectivity index (χ1n) is 9.20. The van der Waals surface area contributed by atoms with E-state index in [1.807, 2.05) is 18.3 Å². The second kappa shape index (κ2) is 8.98. The van der Waals surface area contributed by atoms with Crippen LogP contribution in [0.4, 0.5) is 14.9 Å². The highest BCUT2D eigenvalue weighted by atomic mass is 19.1. The molecule has 9 heteroatoms. The van der Waals surface area contributed by atoms with E-state index >= 15 is 0 Å². The molecule has 162 valence electrons. The Balaban J connectivity index is 1.99. The number of methoxy groups -OCH3 is 1. The van der Waals surface area contributed by atoms with Crippen molar-refractivity contribution in [3.8, 4) is 17.4 Å². The Labute approximate surface area is 174 Å². The van der Waals surface area contributed by atoms with Crippen LogP contribution in [0.3, 0.4) is 0 Å². The van der Waals surface area contributed by atoms with Gasteiger partial charge in [-0.05, 0) is 52.3 Å². The first-order valence-corrected chi connectivity index (χ1v) is 9.20. The van der Waals surface area contributed by atoms with E-state index in [9.17, 15) is 14.0 Å². The molecule has 2 amide bonds. The van der Waals surface area contributed by atoms with Crippen LogP contribution in [0, 0.1) is 6.92 Å². The lowest BCUT2D eigenvalue weighted by Gasteiger charge is -2.24. The molecule has 30 heavy (non-hydrogen) atoms. The van der Waals surface area contributed by atoms with Crippen molar-refractivity contribution >= 4 is 17.7 Å². The third-order valence-electron chi connectivity index (χ3n) is 3.76. The second-order valence-electron chi connectivity index (χ2n) is 7.70. The highest BCUT2D eigenvalue weighted by molar-refractivity contribution is 5.98. The maximum Gasteiger partial charge on any atom is 0.410 e. The Hall–Kier alpha value is -3.36. The van der Waals surface area contributed by atoms with Crippen LogP contribution < -0.4 is 20.1 Å². The monoisotopic (exact) mass is 419 g/mol. The molecule has 1 atom stereocenters. The highest BCUT2D eigenvalue weighted by Gasteiger charge is 2.36. The molecule has 0 aliphatic heterocycles. The Morgan fingerprint density at radius 1 is 1.10 bits per heavy atom. The number of carbonyl (C=O) groups is 2. The fraction of sp³-hybridized carbons (Fsp3) is 0.381. The lowest BCUT2D eigenvalue weighted by Crippen LogP contribution is -2.52. The number of pyridine rings is 1. The van der Waals surface area contributed by atoms with Gasteiger partial charge in [-0.3, -0.25) is 10.1 Å². The van der Waals surface area contributed by atoms with Gasteiger partial charge in [0.15, 0.2) is 0 Å². The number of alkyl halides is 1. The van der Waals surface area contributed by atoms with Crippen molar-refractivity contribution < 1.29 is 28.2 Å². The number of nitrogens with one attached hydrogen (secondary N) is 2.